The number of aliphatic hydroxyl groups is 1. The summed E-state index contributed by atoms with van der Waals surface area (Å²) < 4.78 is 19.5. The third-order valence-electron chi connectivity index (χ3n) is 6.26. The standard InChI is InChI=1S/C25H31FN2O3/c26-23-13-19(11-18-6-9-31-10-7-18)12-22(14-23)25(30)27-15-24(29)17-28-8-5-20-3-1-2-4-21(20)16-28/h1-4,12-14,18,24,29H,5-11,15-17H2,(H,27,30). The summed E-state index contributed by atoms with van der Waals surface area (Å²) in [4.78, 5) is 14.8. The van der Waals surface area contributed by atoms with E-state index in [9.17, 15) is 14.3 Å². The minimum Gasteiger partial charge on any atom is -0.390 e. The maximum Gasteiger partial charge on any atom is 0.251 e. The normalized spacial score (nSPS) is 18.4. The highest BCUT2D eigenvalue weighted by atomic mass is 19.1. The number of benzene rings is 2. The van der Waals surface area contributed by atoms with Crippen molar-refractivity contribution in [3.63, 3.8) is 0 Å². The second-order valence-electron chi connectivity index (χ2n) is 8.73. The SMILES string of the molecule is O=C(NCC(O)CN1CCc2ccccc2C1)c1cc(F)cc(CC2CCOCC2)c1. The van der Waals surface area contributed by atoms with Crippen LogP contribution in [0.1, 0.15) is 39.9 Å². The first-order valence-corrected chi connectivity index (χ1v) is 11.2. The lowest BCUT2D eigenvalue weighted by Gasteiger charge is -2.30. The van der Waals surface area contributed by atoms with Gasteiger partial charge in [-0.05, 0) is 66.5 Å². The lowest BCUT2D eigenvalue weighted by Crippen LogP contribution is -2.42. The monoisotopic (exact) mass is 426 g/mol. The Hall–Kier alpha value is -2.28. The van der Waals surface area contributed by atoms with Crippen LogP contribution in [-0.4, -0.2) is 54.9 Å². The number of nitrogens with zero attached hydrogens (tertiary/aromatic N) is 1. The molecular formula is C25H31FN2O3. The van der Waals surface area contributed by atoms with E-state index in [4.69, 9.17) is 4.74 Å². The molecule has 1 atom stereocenters. The number of nitrogens with one attached hydrogen (secondary N) is 1. The Morgan fingerprint density at radius 3 is 2.77 bits per heavy atom. The van der Waals surface area contributed by atoms with E-state index in [1.54, 1.807) is 6.07 Å². The number of ether oxygens (including phenoxy) is 1. The van der Waals surface area contributed by atoms with Gasteiger partial charge in [0.2, 0.25) is 0 Å². The van der Waals surface area contributed by atoms with Crippen LogP contribution >= 0.6 is 0 Å². The van der Waals surface area contributed by atoms with Crippen LogP contribution in [0.4, 0.5) is 4.39 Å². The molecule has 2 N–H and O–H groups in total. The maximum absolute atomic E-state index is 14.1. The molecule has 5 nitrogen and oxygen atoms in total. The third kappa shape index (κ3) is 6.12. The summed E-state index contributed by atoms with van der Waals surface area (Å²) in [5.74, 6) is -0.291. The van der Waals surface area contributed by atoms with E-state index in [1.165, 1.54) is 23.3 Å². The predicted molar refractivity (Wildman–Crippen MR) is 117 cm³/mol. The van der Waals surface area contributed by atoms with E-state index in [1.807, 2.05) is 6.07 Å². The molecule has 1 saturated heterocycles. The van der Waals surface area contributed by atoms with Gasteiger partial charge in [-0.25, -0.2) is 4.39 Å². The van der Waals surface area contributed by atoms with Crippen molar-refractivity contribution in [2.75, 3.05) is 32.8 Å². The van der Waals surface area contributed by atoms with Gasteiger partial charge >= 0.3 is 0 Å². The summed E-state index contributed by atoms with van der Waals surface area (Å²) in [6, 6.07) is 12.9. The molecule has 6 heteroatoms. The van der Waals surface area contributed by atoms with E-state index in [0.717, 1.165) is 57.6 Å². The summed E-state index contributed by atoms with van der Waals surface area (Å²) in [6.45, 7) is 3.82. The first-order chi connectivity index (χ1) is 15.1. The van der Waals surface area contributed by atoms with Gasteiger partial charge in [0.05, 0.1) is 6.10 Å². The Labute approximate surface area is 183 Å². The molecule has 0 saturated carbocycles. The molecule has 2 aromatic rings. The lowest BCUT2D eigenvalue weighted by molar-refractivity contribution is 0.0665. The number of β-amino-alcohol motifs (C(OH)–C–C–N with tert-alkyl or cyclic N) is 1. The zero-order valence-electron chi connectivity index (χ0n) is 17.9. The Balaban J connectivity index is 1.28. The Bertz CT molecular complexity index is 898. The molecule has 2 heterocycles. The molecule has 2 aromatic carbocycles. The number of hydrogen-bond acceptors (Lipinski definition) is 4. The van der Waals surface area contributed by atoms with Gasteiger partial charge in [0.15, 0.2) is 0 Å². The fourth-order valence-electron chi connectivity index (χ4n) is 4.57. The summed E-state index contributed by atoms with van der Waals surface area (Å²) in [6.07, 6.45) is 2.97. The van der Waals surface area contributed by atoms with Crippen LogP contribution in [0.2, 0.25) is 0 Å². The molecule has 2 aliphatic rings. The minimum absolute atomic E-state index is 0.142. The summed E-state index contributed by atoms with van der Waals surface area (Å²) in [5, 5.41) is 13.2. The summed E-state index contributed by atoms with van der Waals surface area (Å²) in [7, 11) is 0. The Morgan fingerprint density at radius 1 is 1.19 bits per heavy atom. The van der Waals surface area contributed by atoms with E-state index >= 15 is 0 Å². The number of halogens is 1. The van der Waals surface area contributed by atoms with Crippen molar-refractivity contribution in [1.82, 2.24) is 10.2 Å². The molecule has 4 rings (SSSR count). The van der Waals surface area contributed by atoms with Gasteiger partial charge in [-0.3, -0.25) is 9.69 Å². The quantitative estimate of drug-likeness (QED) is 0.715. The molecule has 1 fully saturated rings. The number of fused-ring (bicyclic) bond motifs is 1. The van der Waals surface area contributed by atoms with Crippen molar-refractivity contribution < 1.29 is 19.0 Å². The molecular weight excluding hydrogens is 395 g/mol. The van der Waals surface area contributed by atoms with Crippen molar-refractivity contribution in [3.05, 3.63) is 70.5 Å². The summed E-state index contributed by atoms with van der Waals surface area (Å²) >= 11 is 0. The minimum atomic E-state index is -0.676. The van der Waals surface area contributed by atoms with E-state index < -0.39 is 11.9 Å². The number of carbonyl (C=O) groups excluding carboxylic acids is 1. The summed E-state index contributed by atoms with van der Waals surface area (Å²) in [5.41, 5.74) is 3.80. The first kappa shape index (κ1) is 21.9. The highest BCUT2D eigenvalue weighted by Gasteiger charge is 2.20. The van der Waals surface area contributed by atoms with Crippen LogP contribution in [0.15, 0.2) is 42.5 Å². The van der Waals surface area contributed by atoms with E-state index in [0.29, 0.717) is 18.0 Å². The number of rotatable bonds is 7. The molecule has 1 amide bonds. The van der Waals surface area contributed by atoms with Crippen molar-refractivity contribution in [3.8, 4) is 0 Å². The molecule has 0 aromatic heterocycles. The molecule has 0 radical (unpaired) electrons. The first-order valence-electron chi connectivity index (χ1n) is 11.2. The Morgan fingerprint density at radius 2 is 1.97 bits per heavy atom. The molecule has 0 aliphatic carbocycles. The average molecular weight is 427 g/mol. The zero-order valence-corrected chi connectivity index (χ0v) is 17.9. The van der Waals surface area contributed by atoms with Crippen LogP contribution in [0, 0.1) is 11.7 Å². The molecule has 166 valence electrons. The van der Waals surface area contributed by atoms with Gasteiger partial charge in [-0.2, -0.15) is 0 Å². The van der Waals surface area contributed by atoms with Crippen molar-refractivity contribution >= 4 is 5.91 Å². The lowest BCUT2D eigenvalue weighted by atomic mass is 9.91. The van der Waals surface area contributed by atoms with Crippen LogP contribution in [-0.2, 0) is 24.1 Å². The van der Waals surface area contributed by atoms with E-state index in [-0.39, 0.29) is 12.5 Å². The van der Waals surface area contributed by atoms with Gasteiger partial charge < -0.3 is 15.2 Å². The smallest absolute Gasteiger partial charge is 0.251 e. The van der Waals surface area contributed by atoms with Gasteiger partial charge in [-0.1, -0.05) is 24.3 Å². The van der Waals surface area contributed by atoms with Crippen LogP contribution < -0.4 is 5.32 Å². The third-order valence-corrected chi connectivity index (χ3v) is 6.26. The van der Waals surface area contributed by atoms with Gasteiger partial charge in [0.25, 0.3) is 5.91 Å². The van der Waals surface area contributed by atoms with Gasteiger partial charge in [0, 0.05) is 45.0 Å². The Kier molecular flexibility index (Phi) is 7.33. The second-order valence-corrected chi connectivity index (χ2v) is 8.73. The predicted octanol–water partition coefficient (Wildman–Crippen LogP) is 2.94. The fourth-order valence-corrected chi connectivity index (χ4v) is 4.57. The molecule has 2 aliphatic heterocycles. The molecule has 0 bridgehead atoms. The van der Waals surface area contributed by atoms with Crippen molar-refractivity contribution in [2.45, 2.75) is 38.3 Å². The highest BCUT2D eigenvalue weighted by Crippen LogP contribution is 2.22. The average Bonchev–Trinajstić information content (AvgIpc) is 2.77. The van der Waals surface area contributed by atoms with Crippen LogP contribution in [0.3, 0.4) is 0 Å². The zero-order chi connectivity index (χ0) is 21.6. The van der Waals surface area contributed by atoms with Gasteiger partial charge in [0.1, 0.15) is 5.82 Å². The van der Waals surface area contributed by atoms with Gasteiger partial charge in [-0.15, -0.1) is 0 Å². The molecule has 31 heavy (non-hydrogen) atoms. The number of hydrogen-bond donors (Lipinski definition) is 2. The van der Waals surface area contributed by atoms with Crippen molar-refractivity contribution in [1.29, 1.82) is 0 Å². The number of amides is 1. The number of aliphatic hydroxyl groups excluding tert-OH is 1. The second kappa shape index (κ2) is 10.4. The molecule has 0 spiro atoms. The number of carbonyl (C=O) groups is 1. The molecule has 1 unspecified atom stereocenters. The topological polar surface area (TPSA) is 61.8 Å². The highest BCUT2D eigenvalue weighted by molar-refractivity contribution is 5.94. The fraction of sp³-hybridized carbons (Fsp3) is 0.480. The van der Waals surface area contributed by atoms with Crippen LogP contribution in [0.5, 0.6) is 0 Å². The maximum atomic E-state index is 14.1. The van der Waals surface area contributed by atoms with E-state index in [2.05, 4.69) is 28.4 Å². The largest absolute Gasteiger partial charge is 0.390 e. The van der Waals surface area contributed by atoms with Crippen molar-refractivity contribution in [2.24, 2.45) is 5.92 Å². The van der Waals surface area contributed by atoms with Crippen LogP contribution in [0.25, 0.3) is 0 Å².